The molecule has 0 unspecified atom stereocenters. The first-order chi connectivity index (χ1) is 13.0. The van der Waals surface area contributed by atoms with Crippen molar-refractivity contribution in [1.82, 2.24) is 14.7 Å². The van der Waals surface area contributed by atoms with Gasteiger partial charge in [-0.2, -0.15) is 4.98 Å². The van der Waals surface area contributed by atoms with Crippen LogP contribution in [-0.4, -0.2) is 32.2 Å². The van der Waals surface area contributed by atoms with Gasteiger partial charge in [0.25, 0.3) is 11.6 Å². The van der Waals surface area contributed by atoms with E-state index < -0.39 is 10.9 Å². The molecule has 2 heterocycles. The van der Waals surface area contributed by atoms with Crippen LogP contribution < -0.4 is 4.74 Å². The molecular weight excluding hydrogens is 356 g/mol. The first-order valence-electron chi connectivity index (χ1n) is 8.02. The Bertz CT molecular complexity index is 977. The van der Waals surface area contributed by atoms with Crippen molar-refractivity contribution in [2.24, 2.45) is 7.05 Å². The Morgan fingerprint density at radius 1 is 1.37 bits per heavy atom. The molecule has 10 heteroatoms. The van der Waals surface area contributed by atoms with Gasteiger partial charge in [0.2, 0.25) is 5.82 Å². The molecule has 3 aromatic rings. The zero-order valence-electron chi connectivity index (χ0n) is 14.6. The fourth-order valence-corrected chi connectivity index (χ4v) is 2.41. The molecule has 27 heavy (non-hydrogen) atoms. The molecule has 0 atom stereocenters. The Hall–Kier alpha value is -3.69. The Kier molecular flexibility index (Phi) is 5.15. The van der Waals surface area contributed by atoms with Gasteiger partial charge in [-0.25, -0.2) is 4.79 Å². The van der Waals surface area contributed by atoms with Crippen molar-refractivity contribution in [1.29, 1.82) is 0 Å². The number of ether oxygens (including phenoxy) is 2. The predicted octanol–water partition coefficient (Wildman–Crippen LogP) is 2.74. The maximum Gasteiger partial charge on any atom is 0.355 e. The van der Waals surface area contributed by atoms with Crippen LogP contribution in [0.3, 0.4) is 0 Å². The van der Waals surface area contributed by atoms with E-state index in [9.17, 15) is 14.9 Å². The van der Waals surface area contributed by atoms with E-state index in [0.717, 1.165) is 6.07 Å². The highest BCUT2D eigenvalue weighted by atomic mass is 16.6. The number of carbonyl (C=O) groups is 1. The van der Waals surface area contributed by atoms with Crippen molar-refractivity contribution >= 4 is 11.7 Å². The number of esters is 1. The average molecular weight is 372 g/mol. The normalized spacial score (nSPS) is 10.6. The van der Waals surface area contributed by atoms with Crippen LogP contribution in [0.4, 0.5) is 5.69 Å². The molecule has 0 saturated carbocycles. The second kappa shape index (κ2) is 7.68. The number of hydrogen-bond donors (Lipinski definition) is 0. The fourth-order valence-electron chi connectivity index (χ4n) is 2.41. The van der Waals surface area contributed by atoms with Crippen molar-refractivity contribution < 1.29 is 23.7 Å². The second-order valence-corrected chi connectivity index (χ2v) is 5.47. The standard InChI is InChI=1S/C17H16N4O6/c1-3-25-14-7-5-4-6-12(14)16-18-15(27-19-16)10-26-17(22)13-8-11(21(23)24)9-20(13)2/h4-9H,3,10H2,1-2H3. The van der Waals surface area contributed by atoms with Gasteiger partial charge in [0, 0.05) is 13.1 Å². The quantitative estimate of drug-likeness (QED) is 0.352. The number of benzene rings is 1. The fraction of sp³-hybridized carbons (Fsp3) is 0.235. The Morgan fingerprint density at radius 2 is 2.15 bits per heavy atom. The minimum Gasteiger partial charge on any atom is -0.493 e. The van der Waals surface area contributed by atoms with E-state index in [1.165, 1.54) is 17.8 Å². The van der Waals surface area contributed by atoms with Crippen molar-refractivity contribution in [2.45, 2.75) is 13.5 Å². The van der Waals surface area contributed by atoms with Crippen LogP contribution in [0.2, 0.25) is 0 Å². The van der Waals surface area contributed by atoms with E-state index >= 15 is 0 Å². The largest absolute Gasteiger partial charge is 0.493 e. The molecule has 0 N–H and O–H groups in total. The highest BCUT2D eigenvalue weighted by molar-refractivity contribution is 5.88. The molecule has 2 aromatic heterocycles. The van der Waals surface area contributed by atoms with E-state index in [-0.39, 0.29) is 23.9 Å². The number of carbonyl (C=O) groups excluding carboxylic acids is 1. The summed E-state index contributed by atoms with van der Waals surface area (Å²) < 4.78 is 17.1. The van der Waals surface area contributed by atoms with Crippen LogP contribution in [0.15, 0.2) is 41.1 Å². The third kappa shape index (κ3) is 3.94. The molecular formula is C17H16N4O6. The summed E-state index contributed by atoms with van der Waals surface area (Å²) >= 11 is 0. The first kappa shape index (κ1) is 18.1. The Balaban J connectivity index is 1.70. The van der Waals surface area contributed by atoms with Gasteiger partial charge < -0.3 is 18.6 Å². The summed E-state index contributed by atoms with van der Waals surface area (Å²) in [5.41, 5.74) is 0.499. The number of aryl methyl sites for hydroxylation is 1. The predicted molar refractivity (Wildman–Crippen MR) is 92.1 cm³/mol. The van der Waals surface area contributed by atoms with Crippen LogP contribution in [0, 0.1) is 10.1 Å². The van der Waals surface area contributed by atoms with Gasteiger partial charge in [0.1, 0.15) is 11.4 Å². The van der Waals surface area contributed by atoms with E-state index in [1.54, 1.807) is 12.1 Å². The van der Waals surface area contributed by atoms with Crippen molar-refractivity contribution in [3.05, 3.63) is 58.2 Å². The van der Waals surface area contributed by atoms with Gasteiger partial charge >= 0.3 is 5.97 Å². The number of aromatic nitrogens is 3. The number of para-hydroxylation sites is 1. The molecule has 0 aliphatic carbocycles. The minimum absolute atomic E-state index is 0.0446. The van der Waals surface area contributed by atoms with Crippen molar-refractivity contribution in [2.75, 3.05) is 6.61 Å². The molecule has 0 spiro atoms. The summed E-state index contributed by atoms with van der Waals surface area (Å²) in [6, 6.07) is 8.36. The summed E-state index contributed by atoms with van der Waals surface area (Å²) in [7, 11) is 1.51. The summed E-state index contributed by atoms with van der Waals surface area (Å²) in [5.74, 6) is 0.272. The molecule has 0 amide bonds. The lowest BCUT2D eigenvalue weighted by atomic mass is 10.2. The maximum absolute atomic E-state index is 12.1. The zero-order valence-corrected chi connectivity index (χ0v) is 14.6. The minimum atomic E-state index is -0.736. The molecule has 0 aliphatic rings. The van der Waals surface area contributed by atoms with Gasteiger partial charge in [-0.05, 0) is 19.1 Å². The van der Waals surface area contributed by atoms with E-state index in [4.69, 9.17) is 14.0 Å². The van der Waals surface area contributed by atoms with Crippen LogP contribution in [-0.2, 0) is 18.4 Å². The molecule has 0 bridgehead atoms. The van der Waals surface area contributed by atoms with Crippen LogP contribution in [0.25, 0.3) is 11.4 Å². The second-order valence-electron chi connectivity index (χ2n) is 5.47. The monoisotopic (exact) mass is 372 g/mol. The number of hydrogen-bond acceptors (Lipinski definition) is 8. The molecule has 1 aromatic carbocycles. The Labute approximate surface area is 153 Å². The third-order valence-electron chi connectivity index (χ3n) is 3.63. The average Bonchev–Trinajstić information content (AvgIpc) is 3.27. The van der Waals surface area contributed by atoms with Gasteiger partial charge in [0.15, 0.2) is 6.61 Å². The number of nitrogens with zero attached hydrogens (tertiary/aromatic N) is 4. The molecule has 3 rings (SSSR count). The van der Waals surface area contributed by atoms with Crippen molar-refractivity contribution in [3.8, 4) is 17.1 Å². The summed E-state index contributed by atoms with van der Waals surface area (Å²) in [6.45, 7) is 2.09. The Morgan fingerprint density at radius 3 is 2.85 bits per heavy atom. The lowest BCUT2D eigenvalue weighted by Gasteiger charge is -2.06. The number of rotatable bonds is 7. The molecule has 140 valence electrons. The first-order valence-corrected chi connectivity index (χ1v) is 8.02. The van der Waals surface area contributed by atoms with Gasteiger partial charge in [-0.3, -0.25) is 10.1 Å². The highest BCUT2D eigenvalue weighted by Gasteiger charge is 2.20. The van der Waals surface area contributed by atoms with Gasteiger partial charge in [-0.15, -0.1) is 0 Å². The maximum atomic E-state index is 12.1. The highest BCUT2D eigenvalue weighted by Crippen LogP contribution is 2.27. The summed E-state index contributed by atoms with van der Waals surface area (Å²) in [4.78, 5) is 26.5. The van der Waals surface area contributed by atoms with E-state index in [1.807, 2.05) is 19.1 Å². The molecule has 0 fully saturated rings. The number of nitro groups is 1. The topological polar surface area (TPSA) is 123 Å². The summed E-state index contributed by atoms with van der Waals surface area (Å²) in [5, 5.41) is 14.6. The van der Waals surface area contributed by atoms with E-state index in [2.05, 4.69) is 10.1 Å². The SMILES string of the molecule is CCOc1ccccc1-c1noc(COC(=O)c2cc([N+](=O)[O-])cn2C)n1. The molecule has 0 radical (unpaired) electrons. The van der Waals surface area contributed by atoms with Crippen molar-refractivity contribution in [3.63, 3.8) is 0 Å². The molecule has 0 saturated heterocycles. The van der Waals surface area contributed by atoms with E-state index in [0.29, 0.717) is 23.7 Å². The molecule has 0 aliphatic heterocycles. The van der Waals surface area contributed by atoms with Crippen LogP contribution in [0.5, 0.6) is 5.75 Å². The summed E-state index contributed by atoms with van der Waals surface area (Å²) in [6.07, 6.45) is 1.23. The smallest absolute Gasteiger partial charge is 0.355 e. The zero-order chi connectivity index (χ0) is 19.4. The van der Waals surface area contributed by atoms with Crippen LogP contribution in [0.1, 0.15) is 23.3 Å². The molecule has 10 nitrogen and oxygen atoms in total. The third-order valence-corrected chi connectivity index (χ3v) is 3.63. The van der Waals surface area contributed by atoms with Gasteiger partial charge in [-0.1, -0.05) is 17.3 Å². The van der Waals surface area contributed by atoms with Gasteiger partial charge in [0.05, 0.1) is 23.3 Å². The lowest BCUT2D eigenvalue weighted by Crippen LogP contribution is -2.09. The lowest BCUT2D eigenvalue weighted by molar-refractivity contribution is -0.384. The van der Waals surface area contributed by atoms with Crippen LogP contribution >= 0.6 is 0 Å².